The van der Waals surface area contributed by atoms with E-state index in [1.54, 1.807) is 6.07 Å². The summed E-state index contributed by atoms with van der Waals surface area (Å²) >= 11 is 0. The Morgan fingerprint density at radius 2 is 2.13 bits per heavy atom. The lowest BCUT2D eigenvalue weighted by atomic mass is 10.0. The maximum atomic E-state index is 11.3. The average molecular weight is 315 g/mol. The topological polar surface area (TPSA) is 68.5 Å². The van der Waals surface area contributed by atoms with Crippen molar-refractivity contribution in [3.05, 3.63) is 40.1 Å². The molecule has 0 saturated carbocycles. The van der Waals surface area contributed by atoms with Crippen molar-refractivity contribution in [3.8, 4) is 0 Å². The Labute approximate surface area is 135 Å². The van der Waals surface area contributed by atoms with Crippen molar-refractivity contribution in [1.29, 1.82) is 0 Å². The van der Waals surface area contributed by atoms with Crippen LogP contribution in [0.25, 0.3) is 10.9 Å². The Balaban J connectivity index is 1.98. The second kappa shape index (κ2) is 6.50. The molecule has 0 N–H and O–H groups in total. The molecule has 0 unspecified atom stereocenters. The highest BCUT2D eigenvalue weighted by molar-refractivity contribution is 5.97. The molecule has 0 atom stereocenters. The van der Waals surface area contributed by atoms with Crippen LogP contribution in [0.2, 0.25) is 0 Å². The number of nitro benzene ring substituents is 1. The Morgan fingerprint density at radius 3 is 2.78 bits per heavy atom. The van der Waals surface area contributed by atoms with Crippen molar-refractivity contribution in [2.75, 3.05) is 24.6 Å². The number of nitrogens with zero attached hydrogens (tertiary/aromatic N) is 3. The van der Waals surface area contributed by atoms with Crippen LogP contribution in [0.4, 0.5) is 11.4 Å². The molecule has 3 rings (SSSR count). The van der Waals surface area contributed by atoms with Gasteiger partial charge in [-0.1, -0.05) is 12.1 Å². The van der Waals surface area contributed by atoms with Gasteiger partial charge in [0.05, 0.1) is 11.0 Å². The molecule has 2 aromatic rings. The third-order valence-electron chi connectivity index (χ3n) is 4.31. The Hall–Kier alpha value is -2.21. The smallest absolute Gasteiger partial charge is 0.295 e. The van der Waals surface area contributed by atoms with Crippen molar-refractivity contribution >= 4 is 22.3 Å². The van der Waals surface area contributed by atoms with Gasteiger partial charge in [0.2, 0.25) is 0 Å². The lowest BCUT2D eigenvalue weighted by molar-refractivity contribution is -0.383. The first-order valence-corrected chi connectivity index (χ1v) is 8.01. The van der Waals surface area contributed by atoms with Gasteiger partial charge in [0, 0.05) is 42.5 Å². The molecule has 0 spiro atoms. The molecule has 1 aromatic carbocycles. The van der Waals surface area contributed by atoms with Crippen LogP contribution < -0.4 is 4.90 Å². The van der Waals surface area contributed by atoms with E-state index in [0.717, 1.165) is 49.3 Å². The molecule has 1 saturated heterocycles. The fourth-order valence-electron chi connectivity index (χ4n) is 3.25. The van der Waals surface area contributed by atoms with Gasteiger partial charge in [-0.2, -0.15) is 0 Å². The Kier molecular flexibility index (Phi) is 4.43. The summed E-state index contributed by atoms with van der Waals surface area (Å²) in [5, 5.41) is 12.1. The second-order valence-electron chi connectivity index (χ2n) is 5.85. The normalized spacial score (nSPS) is 16.0. The van der Waals surface area contributed by atoms with Crippen molar-refractivity contribution < 1.29 is 9.66 Å². The lowest BCUT2D eigenvalue weighted by Crippen LogP contribution is -2.37. The highest BCUT2D eigenvalue weighted by Crippen LogP contribution is 2.33. The molecular formula is C17H21N3O3. The summed E-state index contributed by atoms with van der Waals surface area (Å²) in [6.45, 7) is 6.43. The quantitative estimate of drug-likeness (QED) is 0.638. The summed E-state index contributed by atoms with van der Waals surface area (Å²) in [6, 6.07) is 7.18. The zero-order valence-corrected chi connectivity index (χ0v) is 13.5. The summed E-state index contributed by atoms with van der Waals surface area (Å²) in [5.41, 5.74) is 2.37. The molecule has 1 aliphatic heterocycles. The van der Waals surface area contributed by atoms with Crippen LogP contribution in [-0.2, 0) is 4.74 Å². The SMILES string of the molecule is CCOC1CCN(c2cc(C)nc3c([N+](=O)[O-])cccc23)CC1. The molecule has 23 heavy (non-hydrogen) atoms. The lowest BCUT2D eigenvalue weighted by Gasteiger charge is -2.34. The predicted octanol–water partition coefficient (Wildman–Crippen LogP) is 3.46. The number of rotatable bonds is 4. The number of benzene rings is 1. The standard InChI is InChI=1S/C17H21N3O3/c1-3-23-13-7-9-19(10-8-13)16-11-12(2)18-17-14(16)5-4-6-15(17)20(21)22/h4-6,11,13H,3,7-10H2,1-2H3. The van der Waals surface area contributed by atoms with E-state index in [2.05, 4.69) is 9.88 Å². The van der Waals surface area contributed by atoms with E-state index in [1.165, 1.54) is 6.07 Å². The van der Waals surface area contributed by atoms with Crippen LogP contribution in [0.3, 0.4) is 0 Å². The van der Waals surface area contributed by atoms with Gasteiger partial charge in [0.25, 0.3) is 5.69 Å². The minimum Gasteiger partial charge on any atom is -0.378 e. The fourth-order valence-corrected chi connectivity index (χ4v) is 3.25. The summed E-state index contributed by atoms with van der Waals surface area (Å²) in [4.78, 5) is 17.6. The zero-order chi connectivity index (χ0) is 16.4. The van der Waals surface area contributed by atoms with E-state index < -0.39 is 0 Å². The van der Waals surface area contributed by atoms with Crippen molar-refractivity contribution in [1.82, 2.24) is 4.98 Å². The first kappa shape index (κ1) is 15.7. The van der Waals surface area contributed by atoms with E-state index in [-0.39, 0.29) is 10.6 Å². The number of aromatic nitrogens is 1. The molecule has 0 amide bonds. The molecule has 1 aliphatic rings. The van der Waals surface area contributed by atoms with Crippen molar-refractivity contribution in [2.24, 2.45) is 0 Å². The van der Waals surface area contributed by atoms with Gasteiger partial charge >= 0.3 is 0 Å². The van der Waals surface area contributed by atoms with Crippen LogP contribution in [0.15, 0.2) is 24.3 Å². The molecule has 122 valence electrons. The van der Waals surface area contributed by atoms with Gasteiger partial charge in [-0.25, -0.2) is 4.98 Å². The van der Waals surface area contributed by atoms with Crippen molar-refractivity contribution in [2.45, 2.75) is 32.8 Å². The van der Waals surface area contributed by atoms with E-state index in [0.29, 0.717) is 11.6 Å². The number of hydrogen-bond donors (Lipinski definition) is 0. The zero-order valence-electron chi connectivity index (χ0n) is 13.5. The van der Waals surface area contributed by atoms with Gasteiger partial charge in [-0.15, -0.1) is 0 Å². The molecular weight excluding hydrogens is 294 g/mol. The summed E-state index contributed by atoms with van der Waals surface area (Å²) in [5.74, 6) is 0. The summed E-state index contributed by atoms with van der Waals surface area (Å²) in [7, 11) is 0. The third kappa shape index (κ3) is 3.12. The van der Waals surface area contributed by atoms with Gasteiger partial charge < -0.3 is 9.64 Å². The number of ether oxygens (including phenoxy) is 1. The number of anilines is 1. The highest BCUT2D eigenvalue weighted by atomic mass is 16.6. The molecule has 0 aliphatic carbocycles. The minimum absolute atomic E-state index is 0.0663. The number of non-ortho nitro benzene ring substituents is 1. The third-order valence-corrected chi connectivity index (χ3v) is 4.31. The molecule has 2 heterocycles. The largest absolute Gasteiger partial charge is 0.378 e. The molecule has 6 nitrogen and oxygen atoms in total. The first-order chi connectivity index (χ1) is 11.1. The van der Waals surface area contributed by atoms with Crippen LogP contribution in [0, 0.1) is 17.0 Å². The molecule has 6 heteroatoms. The van der Waals surface area contributed by atoms with Crippen LogP contribution >= 0.6 is 0 Å². The van der Waals surface area contributed by atoms with Gasteiger partial charge in [-0.3, -0.25) is 10.1 Å². The Morgan fingerprint density at radius 1 is 1.39 bits per heavy atom. The van der Waals surface area contributed by atoms with Crippen molar-refractivity contribution in [3.63, 3.8) is 0 Å². The summed E-state index contributed by atoms with van der Waals surface area (Å²) < 4.78 is 5.70. The number of aryl methyl sites for hydroxylation is 1. The molecule has 1 aromatic heterocycles. The fraction of sp³-hybridized carbons (Fsp3) is 0.471. The van der Waals surface area contributed by atoms with Gasteiger partial charge in [-0.05, 0) is 32.8 Å². The van der Waals surface area contributed by atoms with E-state index in [4.69, 9.17) is 4.74 Å². The van der Waals surface area contributed by atoms with E-state index in [9.17, 15) is 10.1 Å². The molecule has 0 bridgehead atoms. The second-order valence-corrected chi connectivity index (χ2v) is 5.85. The van der Waals surface area contributed by atoms with Crippen LogP contribution in [0.1, 0.15) is 25.5 Å². The maximum Gasteiger partial charge on any atom is 0.295 e. The average Bonchev–Trinajstić information content (AvgIpc) is 2.54. The molecule has 1 fully saturated rings. The minimum atomic E-state index is -0.361. The highest BCUT2D eigenvalue weighted by Gasteiger charge is 2.23. The Bertz CT molecular complexity index is 724. The monoisotopic (exact) mass is 315 g/mol. The first-order valence-electron chi connectivity index (χ1n) is 8.01. The van der Waals surface area contributed by atoms with E-state index >= 15 is 0 Å². The molecule has 0 radical (unpaired) electrons. The number of nitro groups is 1. The maximum absolute atomic E-state index is 11.3. The number of pyridine rings is 1. The van der Waals surface area contributed by atoms with Crippen LogP contribution in [0.5, 0.6) is 0 Å². The van der Waals surface area contributed by atoms with Crippen LogP contribution in [-0.4, -0.2) is 35.7 Å². The van der Waals surface area contributed by atoms with Gasteiger partial charge in [0.1, 0.15) is 0 Å². The number of piperidine rings is 1. The summed E-state index contributed by atoms with van der Waals surface area (Å²) in [6.07, 6.45) is 2.27. The predicted molar refractivity (Wildman–Crippen MR) is 90.0 cm³/mol. The van der Waals surface area contributed by atoms with Gasteiger partial charge in [0.15, 0.2) is 5.52 Å². The number of fused-ring (bicyclic) bond motifs is 1. The number of hydrogen-bond acceptors (Lipinski definition) is 5. The van der Waals surface area contributed by atoms with E-state index in [1.807, 2.05) is 26.0 Å². The number of para-hydroxylation sites is 1.